The van der Waals surface area contributed by atoms with Crippen molar-refractivity contribution in [3.63, 3.8) is 0 Å². The molecular formula is C17H20F9NO3. The maximum atomic E-state index is 12.9. The third-order valence-corrected chi connectivity index (χ3v) is 4.29. The molecule has 0 aliphatic rings. The van der Waals surface area contributed by atoms with Crippen molar-refractivity contribution in [2.45, 2.75) is 52.2 Å². The van der Waals surface area contributed by atoms with Crippen LogP contribution >= 0.6 is 0 Å². The zero-order valence-corrected chi connectivity index (χ0v) is 16.0. The van der Waals surface area contributed by atoms with Crippen molar-refractivity contribution in [2.24, 2.45) is 17.6 Å². The van der Waals surface area contributed by atoms with Crippen LogP contribution in [0.4, 0.5) is 39.5 Å². The van der Waals surface area contributed by atoms with E-state index in [1.165, 1.54) is 6.92 Å². The molecule has 2 N–H and O–H groups in total. The summed E-state index contributed by atoms with van der Waals surface area (Å²) in [4.78, 5) is 0. The van der Waals surface area contributed by atoms with Gasteiger partial charge in [0, 0.05) is 5.56 Å². The average molecular weight is 457 g/mol. The van der Waals surface area contributed by atoms with Gasteiger partial charge >= 0.3 is 19.1 Å². The van der Waals surface area contributed by atoms with Crippen LogP contribution in [0.15, 0.2) is 12.1 Å². The standard InChI is InChI=1S/C17H20F9NO3/c1-8(7-27)6-9(2)10(3)11-4-5-12(28-15(18,19)20)14(30-17(24,25)26)13(11)29-16(21,22)23/h4-5,8-10H,6-7,27H2,1-3H3. The van der Waals surface area contributed by atoms with Crippen LogP contribution in [0.5, 0.6) is 17.2 Å². The Bertz CT molecular complexity index is 701. The van der Waals surface area contributed by atoms with Gasteiger partial charge in [-0.1, -0.05) is 26.8 Å². The second-order valence-electron chi connectivity index (χ2n) is 6.80. The van der Waals surface area contributed by atoms with E-state index < -0.39 is 53.7 Å². The van der Waals surface area contributed by atoms with E-state index in [-0.39, 0.29) is 12.5 Å². The summed E-state index contributed by atoms with van der Waals surface area (Å²) < 4.78 is 125. The Labute approximate surface area is 166 Å². The molecule has 0 radical (unpaired) electrons. The molecule has 3 unspecified atom stereocenters. The van der Waals surface area contributed by atoms with Crippen LogP contribution in [0.1, 0.15) is 38.7 Å². The van der Waals surface area contributed by atoms with Crippen LogP contribution in [0.25, 0.3) is 0 Å². The van der Waals surface area contributed by atoms with Crippen LogP contribution in [0.3, 0.4) is 0 Å². The van der Waals surface area contributed by atoms with Crippen molar-refractivity contribution < 1.29 is 53.7 Å². The van der Waals surface area contributed by atoms with Crippen molar-refractivity contribution in [1.82, 2.24) is 0 Å². The zero-order valence-electron chi connectivity index (χ0n) is 16.0. The predicted octanol–water partition coefficient (Wildman–Crippen LogP) is 6.11. The van der Waals surface area contributed by atoms with Gasteiger partial charge in [0.2, 0.25) is 5.75 Å². The van der Waals surface area contributed by atoms with E-state index in [1.807, 2.05) is 0 Å². The molecule has 30 heavy (non-hydrogen) atoms. The maximum Gasteiger partial charge on any atom is 0.573 e. The van der Waals surface area contributed by atoms with Crippen molar-refractivity contribution in [1.29, 1.82) is 0 Å². The van der Waals surface area contributed by atoms with Gasteiger partial charge in [0.1, 0.15) is 0 Å². The highest BCUT2D eigenvalue weighted by atomic mass is 19.4. The van der Waals surface area contributed by atoms with Crippen LogP contribution in [-0.4, -0.2) is 25.6 Å². The fraction of sp³-hybridized carbons (Fsp3) is 0.647. The van der Waals surface area contributed by atoms with Gasteiger partial charge in [-0.2, -0.15) is 0 Å². The minimum Gasteiger partial charge on any atom is -0.402 e. The fourth-order valence-corrected chi connectivity index (χ4v) is 2.80. The van der Waals surface area contributed by atoms with Crippen LogP contribution in [-0.2, 0) is 0 Å². The van der Waals surface area contributed by atoms with E-state index in [9.17, 15) is 39.5 Å². The normalized spacial score (nSPS) is 16.0. The summed E-state index contributed by atoms with van der Waals surface area (Å²) in [6, 6.07) is 1.22. The molecule has 0 aliphatic heterocycles. The molecule has 0 saturated heterocycles. The number of alkyl halides is 9. The highest BCUT2D eigenvalue weighted by Crippen LogP contribution is 2.49. The average Bonchev–Trinajstić information content (AvgIpc) is 2.53. The summed E-state index contributed by atoms with van der Waals surface area (Å²) in [6.45, 7) is 5.02. The van der Waals surface area contributed by atoms with E-state index >= 15 is 0 Å². The van der Waals surface area contributed by atoms with Gasteiger partial charge in [0.25, 0.3) is 0 Å². The first-order chi connectivity index (χ1) is 13.4. The second-order valence-corrected chi connectivity index (χ2v) is 6.80. The van der Waals surface area contributed by atoms with Crippen LogP contribution < -0.4 is 19.9 Å². The first kappa shape index (κ1) is 26.0. The molecule has 1 aromatic carbocycles. The Morgan fingerprint density at radius 1 is 0.767 bits per heavy atom. The number of hydrogen-bond donors (Lipinski definition) is 1. The molecule has 0 amide bonds. The molecule has 3 atom stereocenters. The van der Waals surface area contributed by atoms with Crippen LogP contribution in [0.2, 0.25) is 0 Å². The van der Waals surface area contributed by atoms with E-state index in [4.69, 9.17) is 5.73 Å². The highest BCUT2D eigenvalue weighted by Gasteiger charge is 2.42. The monoisotopic (exact) mass is 457 g/mol. The molecule has 0 saturated carbocycles. The first-order valence-corrected chi connectivity index (χ1v) is 8.57. The number of halogens is 9. The Balaban J connectivity index is 3.62. The molecule has 0 spiro atoms. The number of hydrogen-bond acceptors (Lipinski definition) is 4. The fourth-order valence-electron chi connectivity index (χ4n) is 2.80. The van der Waals surface area contributed by atoms with Crippen molar-refractivity contribution in [3.8, 4) is 17.2 Å². The summed E-state index contributed by atoms with van der Waals surface area (Å²) in [6.07, 6.45) is -16.2. The predicted molar refractivity (Wildman–Crippen MR) is 86.9 cm³/mol. The van der Waals surface area contributed by atoms with Crippen molar-refractivity contribution in [2.75, 3.05) is 6.54 Å². The smallest absolute Gasteiger partial charge is 0.402 e. The lowest BCUT2D eigenvalue weighted by molar-refractivity contribution is -0.293. The number of nitrogens with two attached hydrogens (primary N) is 1. The lowest BCUT2D eigenvalue weighted by Crippen LogP contribution is -2.25. The minimum absolute atomic E-state index is 0.0619. The van der Waals surface area contributed by atoms with E-state index in [1.54, 1.807) is 13.8 Å². The molecule has 0 heterocycles. The van der Waals surface area contributed by atoms with E-state index in [0.29, 0.717) is 12.5 Å². The van der Waals surface area contributed by atoms with Crippen molar-refractivity contribution >= 4 is 0 Å². The molecule has 0 aliphatic carbocycles. The second kappa shape index (κ2) is 9.40. The highest BCUT2D eigenvalue weighted by molar-refractivity contribution is 5.57. The largest absolute Gasteiger partial charge is 0.573 e. The summed E-state index contributed by atoms with van der Waals surface area (Å²) >= 11 is 0. The molecule has 13 heteroatoms. The lowest BCUT2D eigenvalue weighted by atomic mass is 9.82. The third-order valence-electron chi connectivity index (χ3n) is 4.29. The Kier molecular flexibility index (Phi) is 8.14. The van der Waals surface area contributed by atoms with Crippen molar-refractivity contribution in [3.05, 3.63) is 17.7 Å². The Hall–Kier alpha value is -2.05. The van der Waals surface area contributed by atoms with Crippen LogP contribution in [0, 0.1) is 11.8 Å². The summed E-state index contributed by atoms with van der Waals surface area (Å²) in [5.41, 5.74) is 5.07. The first-order valence-electron chi connectivity index (χ1n) is 8.57. The summed E-state index contributed by atoms with van der Waals surface area (Å²) in [7, 11) is 0. The third kappa shape index (κ3) is 8.36. The molecule has 1 rings (SSSR count). The SMILES string of the molecule is CC(CN)CC(C)C(C)c1ccc(OC(F)(F)F)c(OC(F)(F)F)c1OC(F)(F)F. The van der Waals surface area contributed by atoms with Gasteiger partial charge in [-0.3, -0.25) is 0 Å². The lowest BCUT2D eigenvalue weighted by Gasteiger charge is -2.27. The number of rotatable bonds is 8. The molecule has 4 nitrogen and oxygen atoms in total. The zero-order chi connectivity index (χ0) is 23.5. The quantitative estimate of drug-likeness (QED) is 0.479. The summed E-state index contributed by atoms with van der Waals surface area (Å²) in [5.74, 6) is -6.38. The molecule has 174 valence electrons. The molecule has 1 aromatic rings. The molecule has 0 bridgehead atoms. The van der Waals surface area contributed by atoms with Gasteiger partial charge in [0.15, 0.2) is 11.5 Å². The van der Waals surface area contributed by atoms with Gasteiger partial charge in [-0.15, -0.1) is 39.5 Å². The molecule has 0 aromatic heterocycles. The van der Waals surface area contributed by atoms with E-state index in [0.717, 1.165) is 6.07 Å². The molecule has 0 fully saturated rings. The Morgan fingerprint density at radius 3 is 1.67 bits per heavy atom. The maximum absolute atomic E-state index is 12.9. The van der Waals surface area contributed by atoms with Gasteiger partial charge < -0.3 is 19.9 Å². The number of benzene rings is 1. The molecular weight excluding hydrogens is 437 g/mol. The Morgan fingerprint density at radius 2 is 1.23 bits per heavy atom. The van der Waals surface area contributed by atoms with E-state index in [2.05, 4.69) is 14.2 Å². The van der Waals surface area contributed by atoms with Gasteiger partial charge in [0.05, 0.1) is 0 Å². The van der Waals surface area contributed by atoms with Gasteiger partial charge in [-0.25, -0.2) is 0 Å². The minimum atomic E-state index is -5.62. The topological polar surface area (TPSA) is 53.7 Å². The number of ether oxygens (including phenoxy) is 3. The summed E-state index contributed by atoms with van der Waals surface area (Å²) in [5, 5.41) is 0. The van der Waals surface area contributed by atoms with Gasteiger partial charge in [-0.05, 0) is 36.8 Å².